The Balaban J connectivity index is 1.55. The van der Waals surface area contributed by atoms with Gasteiger partial charge in [0.1, 0.15) is 0 Å². The van der Waals surface area contributed by atoms with Gasteiger partial charge in [0.2, 0.25) is 0 Å². The Morgan fingerprint density at radius 1 is 1.04 bits per heavy atom. The van der Waals surface area contributed by atoms with E-state index in [0.717, 1.165) is 30.7 Å². The molecule has 3 aliphatic rings. The summed E-state index contributed by atoms with van der Waals surface area (Å²) in [4.78, 5) is 2.42. The largest absolute Gasteiger partial charge is 0.376 e. The van der Waals surface area contributed by atoms with Crippen molar-refractivity contribution in [1.82, 2.24) is 10.2 Å². The number of allylic oxidation sites excluding steroid dienone is 2. The zero-order valence-electron chi connectivity index (χ0n) is 14.3. The lowest BCUT2D eigenvalue weighted by Crippen LogP contribution is -2.49. The van der Waals surface area contributed by atoms with E-state index in [2.05, 4.69) is 22.4 Å². The van der Waals surface area contributed by atoms with Gasteiger partial charge in [-0.25, -0.2) is 0 Å². The zero-order chi connectivity index (χ0) is 15.9. The Hall–Kier alpha value is -0.610. The predicted octanol–water partition coefficient (Wildman–Crippen LogP) is 4.03. The Kier molecular flexibility index (Phi) is 6.76. The molecule has 2 atom stereocenters. The number of ether oxygens (including phenoxy) is 1. The lowest BCUT2D eigenvalue weighted by molar-refractivity contribution is 0.0871. The molecular weight excluding hydrogens is 304 g/mol. The smallest absolute Gasteiger partial charge is 0.169 e. The van der Waals surface area contributed by atoms with E-state index >= 15 is 0 Å². The predicted molar refractivity (Wildman–Crippen MR) is 99.6 cm³/mol. The fourth-order valence-electron chi connectivity index (χ4n) is 4.12. The fourth-order valence-corrected chi connectivity index (χ4v) is 4.44. The van der Waals surface area contributed by atoms with Crippen LogP contribution in [0.15, 0.2) is 12.2 Å². The van der Waals surface area contributed by atoms with Crippen molar-refractivity contribution < 1.29 is 4.74 Å². The Bertz CT molecular complexity index is 400. The number of thiocarbonyl (C=S) groups is 1. The van der Waals surface area contributed by atoms with Gasteiger partial charge in [-0.15, -0.1) is 0 Å². The summed E-state index contributed by atoms with van der Waals surface area (Å²) in [5.74, 6) is 0.743. The summed E-state index contributed by atoms with van der Waals surface area (Å²) in [6.07, 6.45) is 17.8. The topological polar surface area (TPSA) is 24.5 Å². The first-order valence-corrected chi connectivity index (χ1v) is 10.0. The van der Waals surface area contributed by atoms with Gasteiger partial charge in [-0.3, -0.25) is 0 Å². The van der Waals surface area contributed by atoms with E-state index in [-0.39, 0.29) is 0 Å². The summed E-state index contributed by atoms with van der Waals surface area (Å²) in [5.41, 5.74) is 0. The maximum atomic E-state index is 5.87. The maximum absolute atomic E-state index is 5.87. The van der Waals surface area contributed by atoms with Crippen molar-refractivity contribution >= 4 is 17.3 Å². The van der Waals surface area contributed by atoms with Crippen LogP contribution in [-0.2, 0) is 4.74 Å². The van der Waals surface area contributed by atoms with Gasteiger partial charge in [0.15, 0.2) is 5.11 Å². The highest BCUT2D eigenvalue weighted by molar-refractivity contribution is 7.80. The van der Waals surface area contributed by atoms with E-state index in [0.29, 0.717) is 12.1 Å². The van der Waals surface area contributed by atoms with Gasteiger partial charge in [-0.2, -0.15) is 0 Å². The van der Waals surface area contributed by atoms with Gasteiger partial charge in [0.25, 0.3) is 0 Å². The molecule has 3 nitrogen and oxygen atoms in total. The van der Waals surface area contributed by atoms with Gasteiger partial charge in [0.05, 0.1) is 6.10 Å². The summed E-state index contributed by atoms with van der Waals surface area (Å²) < 4.78 is 5.87. The minimum absolute atomic E-state index is 0.375. The minimum Gasteiger partial charge on any atom is -0.376 e. The van der Waals surface area contributed by atoms with E-state index in [4.69, 9.17) is 17.0 Å². The molecule has 0 radical (unpaired) electrons. The van der Waals surface area contributed by atoms with Crippen molar-refractivity contribution in [3.8, 4) is 0 Å². The molecule has 1 heterocycles. The molecule has 0 aromatic carbocycles. The Morgan fingerprint density at radius 3 is 2.61 bits per heavy atom. The van der Waals surface area contributed by atoms with Crippen LogP contribution < -0.4 is 5.32 Å². The monoisotopic (exact) mass is 336 g/mol. The molecule has 4 heteroatoms. The van der Waals surface area contributed by atoms with Crippen LogP contribution in [0.3, 0.4) is 0 Å². The highest BCUT2D eigenvalue weighted by Crippen LogP contribution is 2.22. The van der Waals surface area contributed by atoms with E-state index in [1.165, 1.54) is 64.2 Å². The molecule has 1 saturated heterocycles. The Morgan fingerprint density at radius 2 is 1.91 bits per heavy atom. The van der Waals surface area contributed by atoms with Gasteiger partial charge in [-0.05, 0) is 63.1 Å². The standard InChI is InChI=1S/C19H32N2OS/c23-19(20-17-10-5-2-6-11-17)21(15-18-12-7-13-22-18)14-16-8-3-1-4-9-16/h1,3,16-18H,2,4-15H2,(H,20,23)/t16-,18-/m1/s1. The summed E-state index contributed by atoms with van der Waals surface area (Å²) in [6.45, 7) is 2.98. The first-order chi connectivity index (χ1) is 11.3. The third-order valence-corrected chi connectivity index (χ3v) is 5.90. The summed E-state index contributed by atoms with van der Waals surface area (Å²) in [5, 5.41) is 4.64. The quantitative estimate of drug-likeness (QED) is 0.605. The number of hydrogen-bond donors (Lipinski definition) is 1. The summed E-state index contributed by atoms with van der Waals surface area (Å²) >= 11 is 5.80. The van der Waals surface area contributed by atoms with Crippen molar-refractivity contribution in [2.75, 3.05) is 19.7 Å². The summed E-state index contributed by atoms with van der Waals surface area (Å²) in [7, 11) is 0. The number of hydrogen-bond acceptors (Lipinski definition) is 2. The second-order valence-electron chi connectivity index (χ2n) is 7.47. The normalized spacial score (nSPS) is 28.7. The van der Waals surface area contributed by atoms with Crippen molar-refractivity contribution in [2.24, 2.45) is 5.92 Å². The van der Waals surface area contributed by atoms with Crippen molar-refractivity contribution in [2.45, 2.75) is 76.4 Å². The molecule has 1 aliphatic heterocycles. The number of nitrogens with zero attached hydrogens (tertiary/aromatic N) is 1. The molecule has 2 fully saturated rings. The third kappa shape index (κ3) is 5.46. The van der Waals surface area contributed by atoms with Gasteiger partial charge >= 0.3 is 0 Å². The fraction of sp³-hybridized carbons (Fsp3) is 0.842. The van der Waals surface area contributed by atoms with Crippen molar-refractivity contribution in [3.63, 3.8) is 0 Å². The average molecular weight is 337 g/mol. The highest BCUT2D eigenvalue weighted by atomic mass is 32.1. The molecule has 0 unspecified atom stereocenters. The van der Waals surface area contributed by atoms with Gasteiger partial charge in [0, 0.05) is 25.7 Å². The molecule has 0 spiro atoms. The minimum atomic E-state index is 0.375. The molecule has 0 aromatic heterocycles. The number of rotatable bonds is 5. The van der Waals surface area contributed by atoms with E-state index in [9.17, 15) is 0 Å². The van der Waals surface area contributed by atoms with Crippen LogP contribution in [0.2, 0.25) is 0 Å². The van der Waals surface area contributed by atoms with Crippen LogP contribution in [-0.4, -0.2) is 41.9 Å². The molecule has 1 saturated carbocycles. The molecule has 0 aromatic rings. The molecule has 23 heavy (non-hydrogen) atoms. The van der Waals surface area contributed by atoms with Crippen molar-refractivity contribution in [1.29, 1.82) is 0 Å². The second kappa shape index (κ2) is 9.03. The second-order valence-corrected chi connectivity index (χ2v) is 7.86. The van der Waals surface area contributed by atoms with Crippen molar-refractivity contribution in [3.05, 3.63) is 12.2 Å². The van der Waals surface area contributed by atoms with Gasteiger partial charge < -0.3 is 15.0 Å². The molecule has 3 rings (SSSR count). The Labute approximate surface area is 146 Å². The maximum Gasteiger partial charge on any atom is 0.169 e. The zero-order valence-corrected chi connectivity index (χ0v) is 15.2. The third-order valence-electron chi connectivity index (χ3n) is 5.52. The number of nitrogens with one attached hydrogen (secondary N) is 1. The van der Waals surface area contributed by atoms with Gasteiger partial charge in [-0.1, -0.05) is 31.4 Å². The average Bonchev–Trinajstić information content (AvgIpc) is 3.09. The van der Waals surface area contributed by atoms with Crippen LogP contribution in [0.25, 0.3) is 0 Å². The first-order valence-electron chi connectivity index (χ1n) is 9.63. The first kappa shape index (κ1) is 17.2. The summed E-state index contributed by atoms with van der Waals surface area (Å²) in [6, 6.07) is 0.592. The van der Waals surface area contributed by atoms with Crippen LogP contribution in [0.1, 0.15) is 64.2 Å². The lowest BCUT2D eigenvalue weighted by Gasteiger charge is -2.34. The molecule has 130 valence electrons. The molecule has 0 bridgehead atoms. The molecule has 2 aliphatic carbocycles. The van der Waals surface area contributed by atoms with Crippen LogP contribution in [0, 0.1) is 5.92 Å². The van der Waals surface area contributed by atoms with E-state index in [1.54, 1.807) is 0 Å². The van der Waals surface area contributed by atoms with Crippen LogP contribution in [0.5, 0.6) is 0 Å². The SMILES string of the molecule is S=C(NC1CCCCC1)N(C[C@@H]1CC=CCC1)C[C@H]1CCCO1. The highest BCUT2D eigenvalue weighted by Gasteiger charge is 2.25. The van der Waals surface area contributed by atoms with Crippen LogP contribution >= 0.6 is 12.2 Å². The molecule has 0 amide bonds. The molecule has 1 N–H and O–H groups in total. The van der Waals surface area contributed by atoms with Crippen LogP contribution in [0.4, 0.5) is 0 Å². The molecular formula is C19H32N2OS. The lowest BCUT2D eigenvalue weighted by atomic mass is 9.93. The van der Waals surface area contributed by atoms with E-state index in [1.807, 2.05) is 0 Å². The van der Waals surface area contributed by atoms with E-state index < -0.39 is 0 Å².